The van der Waals surface area contributed by atoms with E-state index in [1.165, 1.54) is 0 Å². The first-order valence-corrected chi connectivity index (χ1v) is 5.26. The van der Waals surface area contributed by atoms with Crippen LogP contribution in [0.4, 0.5) is 11.4 Å². The van der Waals surface area contributed by atoms with Gasteiger partial charge in [0.05, 0.1) is 10.6 Å². The normalized spacial score (nSPS) is 11.3. The van der Waals surface area contributed by atoms with E-state index in [-0.39, 0.29) is 0 Å². The number of nitro benzene ring substituents is 1. The van der Waals surface area contributed by atoms with Gasteiger partial charge in [0.15, 0.2) is 0 Å². The zero-order chi connectivity index (χ0) is 11.8. The molecule has 7 nitrogen and oxygen atoms in total. The van der Waals surface area contributed by atoms with E-state index in [0.29, 0.717) is 0 Å². The van der Waals surface area contributed by atoms with Crippen molar-refractivity contribution in [3.63, 3.8) is 0 Å². The van der Waals surface area contributed by atoms with Crippen molar-refractivity contribution in [1.82, 2.24) is 0 Å². The SMILES string of the molecule is Nc1cc([N+](=O)[O-])c(Cl)cc1S(=O)(=O)O. The number of benzene rings is 1. The zero-order valence-corrected chi connectivity index (χ0v) is 8.62. The van der Waals surface area contributed by atoms with Crippen molar-refractivity contribution in [2.45, 2.75) is 4.90 Å². The lowest BCUT2D eigenvalue weighted by Gasteiger charge is -2.03. The fraction of sp³-hybridized carbons (Fsp3) is 0. The van der Waals surface area contributed by atoms with E-state index in [0.717, 1.165) is 12.1 Å². The molecule has 0 spiro atoms. The van der Waals surface area contributed by atoms with Gasteiger partial charge in [0, 0.05) is 6.07 Å². The Morgan fingerprint density at radius 1 is 1.47 bits per heavy atom. The number of nitrogens with zero attached hydrogens (tertiary/aromatic N) is 1. The fourth-order valence-corrected chi connectivity index (χ4v) is 1.84. The summed E-state index contributed by atoms with van der Waals surface area (Å²) in [5.41, 5.74) is 4.25. The summed E-state index contributed by atoms with van der Waals surface area (Å²) in [7, 11) is -4.53. The van der Waals surface area contributed by atoms with Crippen molar-refractivity contribution in [3.05, 3.63) is 27.3 Å². The number of rotatable bonds is 2. The molecule has 0 saturated carbocycles. The fourth-order valence-electron chi connectivity index (χ4n) is 0.923. The highest BCUT2D eigenvalue weighted by Gasteiger charge is 2.21. The monoisotopic (exact) mass is 252 g/mol. The number of nitrogens with two attached hydrogens (primary N) is 1. The van der Waals surface area contributed by atoms with Crippen LogP contribution >= 0.6 is 11.6 Å². The topological polar surface area (TPSA) is 124 Å². The van der Waals surface area contributed by atoms with Gasteiger partial charge < -0.3 is 5.73 Å². The number of hydrogen-bond acceptors (Lipinski definition) is 5. The zero-order valence-electron chi connectivity index (χ0n) is 7.05. The summed E-state index contributed by atoms with van der Waals surface area (Å²) in [5.74, 6) is 0. The molecule has 0 aliphatic carbocycles. The average Bonchev–Trinajstić information content (AvgIpc) is 2.06. The average molecular weight is 253 g/mol. The molecule has 0 aromatic heterocycles. The number of nitro groups is 1. The molecule has 0 heterocycles. The van der Waals surface area contributed by atoms with E-state index in [4.69, 9.17) is 21.9 Å². The Labute approximate surface area is 89.4 Å². The second-order valence-electron chi connectivity index (χ2n) is 2.57. The van der Waals surface area contributed by atoms with Crippen LogP contribution in [0.15, 0.2) is 17.0 Å². The summed E-state index contributed by atoms with van der Waals surface area (Å²) in [6.07, 6.45) is 0. The molecule has 9 heteroatoms. The highest BCUT2D eigenvalue weighted by Crippen LogP contribution is 2.31. The molecule has 3 N–H and O–H groups in total. The molecule has 0 radical (unpaired) electrons. The maximum atomic E-state index is 10.7. The van der Waals surface area contributed by atoms with Gasteiger partial charge in [0.1, 0.15) is 9.92 Å². The molecule has 0 aliphatic heterocycles. The van der Waals surface area contributed by atoms with Gasteiger partial charge in [-0.1, -0.05) is 11.6 Å². The lowest BCUT2D eigenvalue weighted by atomic mass is 10.3. The summed E-state index contributed by atoms with van der Waals surface area (Å²) in [6.45, 7) is 0. The third-order valence-electron chi connectivity index (χ3n) is 1.55. The second kappa shape index (κ2) is 3.65. The highest BCUT2D eigenvalue weighted by molar-refractivity contribution is 7.86. The molecule has 82 valence electrons. The second-order valence-corrected chi connectivity index (χ2v) is 4.37. The number of anilines is 1. The predicted molar refractivity (Wildman–Crippen MR) is 52.3 cm³/mol. The van der Waals surface area contributed by atoms with Crippen LogP contribution in [0, 0.1) is 10.1 Å². The first kappa shape index (κ1) is 11.7. The molecule has 1 rings (SSSR count). The smallest absolute Gasteiger partial charge is 0.296 e. The van der Waals surface area contributed by atoms with Gasteiger partial charge in [0.25, 0.3) is 15.8 Å². The Balaban J connectivity index is 3.52. The van der Waals surface area contributed by atoms with Crippen LogP contribution in [0.5, 0.6) is 0 Å². The third-order valence-corrected chi connectivity index (χ3v) is 2.77. The van der Waals surface area contributed by atoms with Crippen LogP contribution in [0.1, 0.15) is 0 Å². The predicted octanol–water partition coefficient (Wildman–Crippen LogP) is 1.08. The molecule has 15 heavy (non-hydrogen) atoms. The molecule has 0 fully saturated rings. The minimum absolute atomic E-state index is 0.415. The maximum Gasteiger partial charge on any atom is 0.296 e. The van der Waals surface area contributed by atoms with E-state index in [9.17, 15) is 18.5 Å². The Morgan fingerprint density at radius 3 is 2.40 bits per heavy atom. The molecule has 0 amide bonds. The number of nitrogen functional groups attached to an aromatic ring is 1. The first-order valence-electron chi connectivity index (χ1n) is 3.44. The molecule has 1 aromatic carbocycles. The highest BCUT2D eigenvalue weighted by atomic mass is 35.5. The van der Waals surface area contributed by atoms with Gasteiger partial charge in [0.2, 0.25) is 0 Å². The van der Waals surface area contributed by atoms with E-state index in [1.807, 2.05) is 0 Å². The van der Waals surface area contributed by atoms with Gasteiger partial charge >= 0.3 is 0 Å². The largest absolute Gasteiger partial charge is 0.397 e. The van der Waals surface area contributed by atoms with E-state index < -0.39 is 36.3 Å². The van der Waals surface area contributed by atoms with Crippen LogP contribution in [0.25, 0.3) is 0 Å². The van der Waals surface area contributed by atoms with Crippen LogP contribution in [0.2, 0.25) is 5.02 Å². The van der Waals surface area contributed by atoms with Crippen molar-refractivity contribution in [2.75, 3.05) is 5.73 Å². The van der Waals surface area contributed by atoms with Crippen molar-refractivity contribution in [1.29, 1.82) is 0 Å². The van der Waals surface area contributed by atoms with Gasteiger partial charge in [-0.15, -0.1) is 0 Å². The molecule has 0 saturated heterocycles. The Kier molecular flexibility index (Phi) is 2.84. The summed E-state index contributed by atoms with van der Waals surface area (Å²) in [5, 5.41) is 9.97. The van der Waals surface area contributed by atoms with Crippen LogP contribution in [0.3, 0.4) is 0 Å². The minimum atomic E-state index is -4.53. The molecular formula is C6H5ClN2O5S. The van der Waals surface area contributed by atoms with E-state index >= 15 is 0 Å². The van der Waals surface area contributed by atoms with Crippen molar-refractivity contribution >= 4 is 33.1 Å². The summed E-state index contributed by atoms with van der Waals surface area (Å²) in [6, 6.07) is 1.50. The van der Waals surface area contributed by atoms with Crippen LogP contribution < -0.4 is 5.73 Å². The maximum absolute atomic E-state index is 10.7. The van der Waals surface area contributed by atoms with Crippen molar-refractivity contribution < 1.29 is 17.9 Å². The van der Waals surface area contributed by atoms with Gasteiger partial charge in [-0.2, -0.15) is 8.42 Å². The number of halogens is 1. The van der Waals surface area contributed by atoms with E-state index in [1.54, 1.807) is 0 Å². The Hall–Kier alpha value is -1.38. The van der Waals surface area contributed by atoms with Gasteiger partial charge in [-0.05, 0) is 6.07 Å². The standard InChI is InChI=1S/C6H5ClN2O5S/c7-3-1-6(15(12,13)14)4(8)2-5(3)9(10)11/h1-2H,8H2,(H,12,13,14). The summed E-state index contributed by atoms with van der Waals surface area (Å²) >= 11 is 5.43. The molecule has 1 aromatic rings. The van der Waals surface area contributed by atoms with Crippen molar-refractivity contribution in [2.24, 2.45) is 0 Å². The molecule has 0 unspecified atom stereocenters. The first-order chi connectivity index (χ1) is 6.73. The molecular weight excluding hydrogens is 248 g/mol. The Bertz CT molecular complexity index is 527. The summed E-state index contributed by atoms with van der Waals surface area (Å²) < 4.78 is 30.2. The lowest BCUT2D eigenvalue weighted by molar-refractivity contribution is -0.384. The number of hydrogen-bond donors (Lipinski definition) is 2. The van der Waals surface area contributed by atoms with Gasteiger partial charge in [-0.25, -0.2) is 0 Å². The Morgan fingerprint density at radius 2 is 2.00 bits per heavy atom. The lowest BCUT2D eigenvalue weighted by Crippen LogP contribution is -2.04. The molecule has 0 atom stereocenters. The molecule has 0 bridgehead atoms. The van der Waals surface area contributed by atoms with E-state index in [2.05, 4.69) is 0 Å². The quantitative estimate of drug-likeness (QED) is 0.351. The molecule has 0 aliphatic rings. The third kappa shape index (κ3) is 2.35. The van der Waals surface area contributed by atoms with Crippen LogP contribution in [-0.4, -0.2) is 17.9 Å². The van der Waals surface area contributed by atoms with Crippen LogP contribution in [-0.2, 0) is 10.1 Å². The summed E-state index contributed by atoms with van der Waals surface area (Å²) in [4.78, 5) is 8.92. The van der Waals surface area contributed by atoms with Crippen molar-refractivity contribution in [3.8, 4) is 0 Å². The minimum Gasteiger partial charge on any atom is -0.397 e. The van der Waals surface area contributed by atoms with Gasteiger partial charge in [-0.3, -0.25) is 14.7 Å².